The van der Waals surface area contributed by atoms with Crippen molar-refractivity contribution in [1.82, 2.24) is 10.2 Å². The molecule has 2 rings (SSSR count). The normalized spacial score (nSPS) is 13.1. The van der Waals surface area contributed by atoms with Gasteiger partial charge in [-0.3, -0.25) is 13.9 Å². The summed E-state index contributed by atoms with van der Waals surface area (Å²) in [6, 6.07) is 8.91. The standard InChI is InChI=1S/C26H33ClF3N3O4S/c1-7-22(24(35)31-25(3,4)5)32(15-18-10-8-9-17(2)13-18)23(34)16-33(38(6,36)37)19-11-12-21(27)20(14-19)26(28,29)30/h8-14,22H,7,15-16H2,1-6H3,(H,31,35)/t22-/m1/s1. The fraction of sp³-hybridized carbons (Fsp3) is 0.462. The fourth-order valence-electron chi connectivity index (χ4n) is 3.88. The summed E-state index contributed by atoms with van der Waals surface area (Å²) in [5.74, 6) is -1.19. The Morgan fingerprint density at radius 2 is 1.71 bits per heavy atom. The zero-order valence-electron chi connectivity index (χ0n) is 22.2. The van der Waals surface area contributed by atoms with Crippen LogP contribution in [0.4, 0.5) is 18.9 Å². The Labute approximate surface area is 227 Å². The molecule has 0 unspecified atom stereocenters. The minimum absolute atomic E-state index is 0.0113. The molecule has 0 aliphatic carbocycles. The van der Waals surface area contributed by atoms with Gasteiger partial charge in [-0.1, -0.05) is 48.4 Å². The number of sulfonamides is 1. The van der Waals surface area contributed by atoms with E-state index in [2.05, 4.69) is 5.32 Å². The Balaban J connectivity index is 2.55. The monoisotopic (exact) mass is 575 g/mol. The van der Waals surface area contributed by atoms with Gasteiger partial charge in [0.1, 0.15) is 12.6 Å². The van der Waals surface area contributed by atoms with Crippen molar-refractivity contribution in [2.45, 2.75) is 65.3 Å². The molecule has 0 saturated carbocycles. The second kappa shape index (κ2) is 11.9. The van der Waals surface area contributed by atoms with Gasteiger partial charge in [-0.2, -0.15) is 13.2 Å². The average Bonchev–Trinajstić information content (AvgIpc) is 2.75. The van der Waals surface area contributed by atoms with Crippen LogP contribution < -0.4 is 9.62 Å². The Kier molecular flexibility index (Phi) is 9.88. The third kappa shape index (κ3) is 8.62. The predicted molar refractivity (Wildman–Crippen MR) is 142 cm³/mol. The van der Waals surface area contributed by atoms with Crippen molar-refractivity contribution < 1.29 is 31.2 Å². The molecule has 2 aromatic carbocycles. The van der Waals surface area contributed by atoms with Crippen LogP contribution >= 0.6 is 11.6 Å². The van der Waals surface area contributed by atoms with Crippen LogP contribution in [0.3, 0.4) is 0 Å². The highest BCUT2D eigenvalue weighted by Gasteiger charge is 2.36. The Hall–Kier alpha value is -2.79. The lowest BCUT2D eigenvalue weighted by atomic mass is 10.0. The summed E-state index contributed by atoms with van der Waals surface area (Å²) in [6.07, 6.45) is -3.83. The number of hydrogen-bond donors (Lipinski definition) is 1. The summed E-state index contributed by atoms with van der Waals surface area (Å²) in [5.41, 5.74) is -0.581. The molecule has 38 heavy (non-hydrogen) atoms. The first-order valence-corrected chi connectivity index (χ1v) is 14.1. The van der Waals surface area contributed by atoms with Crippen LogP contribution in [0.2, 0.25) is 5.02 Å². The minimum Gasteiger partial charge on any atom is -0.350 e. The van der Waals surface area contributed by atoms with Gasteiger partial charge in [-0.25, -0.2) is 8.42 Å². The Morgan fingerprint density at radius 3 is 2.21 bits per heavy atom. The maximum atomic E-state index is 13.7. The average molecular weight is 576 g/mol. The molecule has 0 fully saturated rings. The summed E-state index contributed by atoms with van der Waals surface area (Å²) in [6.45, 7) is 8.11. The lowest BCUT2D eigenvalue weighted by Crippen LogP contribution is -2.55. The Morgan fingerprint density at radius 1 is 1.08 bits per heavy atom. The number of halogens is 4. The van der Waals surface area contributed by atoms with E-state index < -0.39 is 56.7 Å². The molecule has 12 heteroatoms. The molecule has 0 radical (unpaired) electrons. The number of carbonyl (C=O) groups excluding carboxylic acids is 2. The Bertz CT molecular complexity index is 1280. The summed E-state index contributed by atoms with van der Waals surface area (Å²) >= 11 is 5.70. The predicted octanol–water partition coefficient (Wildman–Crippen LogP) is 5.16. The molecule has 0 spiro atoms. The highest BCUT2D eigenvalue weighted by Crippen LogP contribution is 2.37. The van der Waals surface area contributed by atoms with Crippen LogP contribution in [0, 0.1) is 6.92 Å². The molecule has 7 nitrogen and oxygen atoms in total. The molecule has 2 amide bonds. The first-order chi connectivity index (χ1) is 17.3. The lowest BCUT2D eigenvalue weighted by molar-refractivity contribution is -0.141. The van der Waals surface area contributed by atoms with Gasteiger partial charge in [0.05, 0.1) is 22.5 Å². The van der Waals surface area contributed by atoms with Gasteiger partial charge in [-0.05, 0) is 57.9 Å². The maximum Gasteiger partial charge on any atom is 0.417 e. The third-order valence-electron chi connectivity index (χ3n) is 5.54. The number of aryl methyl sites for hydroxylation is 1. The van der Waals surface area contributed by atoms with E-state index in [4.69, 9.17) is 11.6 Å². The molecule has 0 bridgehead atoms. The van der Waals surface area contributed by atoms with E-state index in [0.717, 1.165) is 24.0 Å². The van der Waals surface area contributed by atoms with Gasteiger partial charge in [0.15, 0.2) is 0 Å². The van der Waals surface area contributed by atoms with Crippen molar-refractivity contribution in [2.75, 3.05) is 17.1 Å². The lowest BCUT2D eigenvalue weighted by Gasteiger charge is -2.34. The minimum atomic E-state index is -4.84. The zero-order chi connectivity index (χ0) is 29.1. The summed E-state index contributed by atoms with van der Waals surface area (Å²) in [7, 11) is -4.21. The quantitative estimate of drug-likeness (QED) is 0.448. The number of amides is 2. The summed E-state index contributed by atoms with van der Waals surface area (Å²) in [4.78, 5) is 28.1. The number of rotatable bonds is 9. The molecule has 1 N–H and O–H groups in total. The maximum absolute atomic E-state index is 13.7. The highest BCUT2D eigenvalue weighted by molar-refractivity contribution is 7.92. The van der Waals surface area contributed by atoms with E-state index in [1.54, 1.807) is 39.8 Å². The van der Waals surface area contributed by atoms with Gasteiger partial charge in [0.2, 0.25) is 21.8 Å². The van der Waals surface area contributed by atoms with E-state index >= 15 is 0 Å². The largest absolute Gasteiger partial charge is 0.417 e. The van der Waals surface area contributed by atoms with Gasteiger partial charge >= 0.3 is 6.18 Å². The highest BCUT2D eigenvalue weighted by atomic mass is 35.5. The molecule has 0 heterocycles. The number of benzene rings is 2. The van der Waals surface area contributed by atoms with Crippen molar-refractivity contribution >= 4 is 39.1 Å². The third-order valence-corrected chi connectivity index (χ3v) is 7.01. The molecule has 1 atom stereocenters. The van der Waals surface area contributed by atoms with E-state index in [9.17, 15) is 31.2 Å². The number of anilines is 1. The van der Waals surface area contributed by atoms with Crippen LogP contribution in [-0.4, -0.2) is 49.5 Å². The molecular weight excluding hydrogens is 543 g/mol. The van der Waals surface area contributed by atoms with Gasteiger partial charge in [0, 0.05) is 12.1 Å². The smallest absolute Gasteiger partial charge is 0.350 e. The van der Waals surface area contributed by atoms with Crippen molar-refractivity contribution in [1.29, 1.82) is 0 Å². The van der Waals surface area contributed by atoms with Crippen LogP contribution in [0.15, 0.2) is 42.5 Å². The molecule has 0 saturated heterocycles. The number of alkyl halides is 3. The van der Waals surface area contributed by atoms with Crippen LogP contribution in [-0.2, 0) is 32.3 Å². The van der Waals surface area contributed by atoms with Gasteiger partial charge < -0.3 is 10.2 Å². The molecule has 0 aliphatic heterocycles. The van der Waals surface area contributed by atoms with Crippen LogP contribution in [0.25, 0.3) is 0 Å². The summed E-state index contributed by atoms with van der Waals surface area (Å²) in [5, 5.41) is 2.24. The fourth-order valence-corrected chi connectivity index (χ4v) is 4.95. The topological polar surface area (TPSA) is 86.8 Å². The SMILES string of the molecule is CC[C@H](C(=O)NC(C)(C)C)N(Cc1cccc(C)c1)C(=O)CN(c1ccc(Cl)c(C(F)(F)F)c1)S(C)(=O)=O. The first kappa shape index (κ1) is 31.4. The van der Waals surface area contributed by atoms with E-state index in [-0.39, 0.29) is 18.7 Å². The number of nitrogens with zero attached hydrogens (tertiary/aromatic N) is 2. The number of carbonyl (C=O) groups is 2. The molecule has 0 aliphatic rings. The molecule has 2 aromatic rings. The zero-order valence-corrected chi connectivity index (χ0v) is 23.8. The van der Waals surface area contributed by atoms with Gasteiger partial charge in [0.25, 0.3) is 0 Å². The van der Waals surface area contributed by atoms with Crippen LogP contribution in [0.5, 0.6) is 0 Å². The first-order valence-electron chi connectivity index (χ1n) is 11.8. The summed E-state index contributed by atoms with van der Waals surface area (Å²) < 4.78 is 66.3. The van der Waals surface area contributed by atoms with Crippen molar-refractivity contribution in [3.8, 4) is 0 Å². The number of nitrogens with one attached hydrogen (secondary N) is 1. The number of hydrogen-bond acceptors (Lipinski definition) is 4. The second-order valence-corrected chi connectivity index (χ2v) is 12.4. The molecular formula is C26H33ClF3N3O4S. The van der Waals surface area contributed by atoms with Crippen molar-refractivity contribution in [3.63, 3.8) is 0 Å². The van der Waals surface area contributed by atoms with E-state index in [0.29, 0.717) is 15.9 Å². The van der Waals surface area contributed by atoms with Crippen molar-refractivity contribution in [3.05, 3.63) is 64.2 Å². The molecule has 210 valence electrons. The molecule has 0 aromatic heterocycles. The second-order valence-electron chi connectivity index (χ2n) is 10.1. The van der Waals surface area contributed by atoms with E-state index in [1.165, 1.54) is 4.90 Å². The van der Waals surface area contributed by atoms with Gasteiger partial charge in [-0.15, -0.1) is 0 Å². The van der Waals surface area contributed by atoms with Crippen molar-refractivity contribution in [2.24, 2.45) is 0 Å². The van der Waals surface area contributed by atoms with Crippen LogP contribution in [0.1, 0.15) is 50.8 Å². The van der Waals surface area contributed by atoms with E-state index in [1.807, 2.05) is 19.1 Å².